The highest BCUT2D eigenvalue weighted by molar-refractivity contribution is 5.82. The smallest absolute Gasteiger partial charge is 0.229 e. The van der Waals surface area contributed by atoms with E-state index in [-0.39, 0.29) is 17.9 Å². The van der Waals surface area contributed by atoms with Gasteiger partial charge in [0.05, 0.1) is 5.41 Å². The molecule has 1 saturated heterocycles. The molecule has 5 heteroatoms. The molecule has 1 heterocycles. The normalized spacial score (nSPS) is 19.9. The number of nitrogens with two attached hydrogens (primary N) is 1. The molecule has 0 aromatic carbocycles. The summed E-state index contributed by atoms with van der Waals surface area (Å²) in [5.74, 6) is 0.239. The lowest BCUT2D eigenvalue weighted by Crippen LogP contribution is -2.52. The molecule has 1 rings (SSSR count). The Morgan fingerprint density at radius 1 is 1.32 bits per heavy atom. The number of amides is 2. The molecule has 110 valence electrons. The van der Waals surface area contributed by atoms with E-state index in [1.54, 1.807) is 0 Å². The molecule has 1 atom stereocenters. The zero-order valence-corrected chi connectivity index (χ0v) is 12.4. The SMILES string of the molecule is CCC(=O)NC1CCN(C(=O)C(C)(CC)CN)CC1. The van der Waals surface area contributed by atoms with Crippen molar-refractivity contribution in [2.45, 2.75) is 52.5 Å². The third kappa shape index (κ3) is 3.93. The Morgan fingerprint density at radius 3 is 2.32 bits per heavy atom. The van der Waals surface area contributed by atoms with Gasteiger partial charge in [-0.15, -0.1) is 0 Å². The fourth-order valence-electron chi connectivity index (χ4n) is 2.32. The topological polar surface area (TPSA) is 75.4 Å². The fourth-order valence-corrected chi connectivity index (χ4v) is 2.32. The Morgan fingerprint density at radius 2 is 1.89 bits per heavy atom. The first-order valence-electron chi connectivity index (χ1n) is 7.25. The van der Waals surface area contributed by atoms with Gasteiger partial charge in [-0.05, 0) is 26.2 Å². The zero-order chi connectivity index (χ0) is 14.5. The van der Waals surface area contributed by atoms with Gasteiger partial charge >= 0.3 is 0 Å². The Balaban J connectivity index is 2.49. The number of carbonyl (C=O) groups is 2. The van der Waals surface area contributed by atoms with Crippen LogP contribution in [-0.2, 0) is 9.59 Å². The van der Waals surface area contributed by atoms with E-state index in [1.165, 1.54) is 0 Å². The fraction of sp³-hybridized carbons (Fsp3) is 0.857. The van der Waals surface area contributed by atoms with Crippen LogP contribution >= 0.6 is 0 Å². The molecular weight excluding hydrogens is 242 g/mol. The van der Waals surface area contributed by atoms with Gasteiger partial charge in [0.1, 0.15) is 0 Å². The van der Waals surface area contributed by atoms with E-state index in [2.05, 4.69) is 5.32 Å². The monoisotopic (exact) mass is 269 g/mol. The number of hydrogen-bond donors (Lipinski definition) is 2. The van der Waals surface area contributed by atoms with E-state index >= 15 is 0 Å². The van der Waals surface area contributed by atoms with Gasteiger partial charge in [-0.3, -0.25) is 9.59 Å². The minimum Gasteiger partial charge on any atom is -0.353 e. The highest BCUT2D eigenvalue weighted by Crippen LogP contribution is 2.24. The number of carbonyl (C=O) groups excluding carboxylic acids is 2. The summed E-state index contributed by atoms with van der Waals surface area (Å²) >= 11 is 0. The van der Waals surface area contributed by atoms with E-state index in [9.17, 15) is 9.59 Å². The molecule has 1 unspecified atom stereocenters. The lowest BCUT2D eigenvalue weighted by atomic mass is 9.85. The van der Waals surface area contributed by atoms with Crippen LogP contribution in [-0.4, -0.2) is 42.4 Å². The molecule has 3 N–H and O–H groups in total. The van der Waals surface area contributed by atoms with Crippen molar-refractivity contribution in [1.82, 2.24) is 10.2 Å². The standard InChI is InChI=1S/C14H27N3O2/c1-4-12(18)16-11-6-8-17(9-7-11)13(19)14(3,5-2)10-15/h11H,4-10,15H2,1-3H3,(H,16,18). The van der Waals surface area contributed by atoms with Crippen LogP contribution < -0.4 is 11.1 Å². The van der Waals surface area contributed by atoms with Crippen LogP contribution in [0.1, 0.15) is 46.5 Å². The largest absolute Gasteiger partial charge is 0.353 e. The van der Waals surface area contributed by atoms with Gasteiger partial charge in [0.15, 0.2) is 0 Å². The maximum Gasteiger partial charge on any atom is 0.229 e. The molecule has 0 radical (unpaired) electrons. The second kappa shape index (κ2) is 6.89. The average Bonchev–Trinajstić information content (AvgIpc) is 2.46. The molecule has 0 bridgehead atoms. The summed E-state index contributed by atoms with van der Waals surface area (Å²) in [7, 11) is 0. The van der Waals surface area contributed by atoms with Gasteiger partial charge in [-0.2, -0.15) is 0 Å². The second-order valence-electron chi connectivity index (χ2n) is 5.61. The molecule has 0 saturated carbocycles. The number of rotatable bonds is 5. The molecule has 5 nitrogen and oxygen atoms in total. The predicted octanol–water partition coefficient (Wildman–Crippen LogP) is 0.879. The van der Waals surface area contributed by atoms with Crippen LogP contribution in [0.25, 0.3) is 0 Å². The van der Waals surface area contributed by atoms with E-state index in [0.29, 0.717) is 26.1 Å². The first-order valence-corrected chi connectivity index (χ1v) is 7.25. The molecule has 0 aromatic heterocycles. The lowest BCUT2D eigenvalue weighted by Gasteiger charge is -2.37. The summed E-state index contributed by atoms with van der Waals surface area (Å²) in [6.07, 6.45) is 2.94. The van der Waals surface area contributed by atoms with Crippen molar-refractivity contribution in [2.24, 2.45) is 11.1 Å². The van der Waals surface area contributed by atoms with Crippen LogP contribution in [0, 0.1) is 5.41 Å². The van der Waals surface area contributed by atoms with Crippen molar-refractivity contribution in [3.05, 3.63) is 0 Å². The van der Waals surface area contributed by atoms with Crippen LogP contribution in [0.2, 0.25) is 0 Å². The number of piperidine rings is 1. The van der Waals surface area contributed by atoms with Gasteiger partial charge in [-0.25, -0.2) is 0 Å². The third-order valence-electron chi connectivity index (χ3n) is 4.22. The molecule has 0 aromatic rings. The van der Waals surface area contributed by atoms with Crippen LogP contribution in [0.4, 0.5) is 0 Å². The minimum absolute atomic E-state index is 0.0881. The molecular formula is C14H27N3O2. The van der Waals surface area contributed by atoms with Crippen molar-refractivity contribution >= 4 is 11.8 Å². The Bertz CT molecular complexity index is 319. The average molecular weight is 269 g/mol. The van der Waals surface area contributed by atoms with E-state index < -0.39 is 5.41 Å². The number of nitrogens with zero attached hydrogens (tertiary/aromatic N) is 1. The highest BCUT2D eigenvalue weighted by atomic mass is 16.2. The molecule has 0 aliphatic carbocycles. The predicted molar refractivity (Wildman–Crippen MR) is 75.5 cm³/mol. The summed E-state index contributed by atoms with van der Waals surface area (Å²) in [5.41, 5.74) is 5.29. The Hall–Kier alpha value is -1.10. The maximum absolute atomic E-state index is 12.4. The third-order valence-corrected chi connectivity index (χ3v) is 4.22. The molecule has 1 aliphatic rings. The van der Waals surface area contributed by atoms with E-state index in [4.69, 9.17) is 5.73 Å². The highest BCUT2D eigenvalue weighted by Gasteiger charge is 2.35. The summed E-state index contributed by atoms with van der Waals surface area (Å²) < 4.78 is 0. The quantitative estimate of drug-likeness (QED) is 0.778. The van der Waals surface area contributed by atoms with Gasteiger partial charge < -0.3 is 16.0 Å². The van der Waals surface area contributed by atoms with Gasteiger partial charge in [-0.1, -0.05) is 13.8 Å². The van der Waals surface area contributed by atoms with E-state index in [1.807, 2.05) is 25.7 Å². The molecule has 1 aliphatic heterocycles. The molecule has 2 amide bonds. The van der Waals surface area contributed by atoms with Crippen molar-refractivity contribution in [2.75, 3.05) is 19.6 Å². The van der Waals surface area contributed by atoms with E-state index in [0.717, 1.165) is 19.3 Å². The maximum atomic E-state index is 12.4. The Kier molecular flexibility index (Phi) is 5.79. The summed E-state index contributed by atoms with van der Waals surface area (Å²) in [4.78, 5) is 25.7. The summed E-state index contributed by atoms with van der Waals surface area (Å²) in [6, 6.07) is 0.210. The van der Waals surface area contributed by atoms with Gasteiger partial charge in [0.2, 0.25) is 11.8 Å². The zero-order valence-electron chi connectivity index (χ0n) is 12.4. The summed E-state index contributed by atoms with van der Waals surface area (Å²) in [5, 5.41) is 2.99. The van der Waals surface area contributed by atoms with Gasteiger partial charge in [0, 0.05) is 32.1 Å². The number of hydrogen-bond acceptors (Lipinski definition) is 3. The number of likely N-dealkylation sites (tertiary alicyclic amines) is 1. The first kappa shape index (κ1) is 16.0. The summed E-state index contributed by atoms with van der Waals surface area (Å²) in [6.45, 7) is 7.59. The van der Waals surface area contributed by atoms with Crippen molar-refractivity contribution in [3.8, 4) is 0 Å². The molecule has 1 fully saturated rings. The van der Waals surface area contributed by atoms with Crippen LogP contribution in [0.5, 0.6) is 0 Å². The van der Waals surface area contributed by atoms with Crippen molar-refractivity contribution in [1.29, 1.82) is 0 Å². The van der Waals surface area contributed by atoms with Crippen molar-refractivity contribution < 1.29 is 9.59 Å². The molecule has 19 heavy (non-hydrogen) atoms. The van der Waals surface area contributed by atoms with Crippen LogP contribution in [0.3, 0.4) is 0 Å². The minimum atomic E-state index is -0.445. The lowest BCUT2D eigenvalue weighted by molar-refractivity contribution is -0.142. The Labute approximate surface area is 115 Å². The van der Waals surface area contributed by atoms with Crippen LogP contribution in [0.15, 0.2) is 0 Å². The molecule has 0 spiro atoms. The van der Waals surface area contributed by atoms with Crippen molar-refractivity contribution in [3.63, 3.8) is 0 Å². The van der Waals surface area contributed by atoms with Gasteiger partial charge in [0.25, 0.3) is 0 Å². The number of nitrogens with one attached hydrogen (secondary N) is 1. The first-order chi connectivity index (χ1) is 8.96. The second-order valence-corrected chi connectivity index (χ2v) is 5.61.